The summed E-state index contributed by atoms with van der Waals surface area (Å²) in [6.07, 6.45) is 1.33. The predicted octanol–water partition coefficient (Wildman–Crippen LogP) is 1.55. The number of carbonyl (C=O) groups is 3. The summed E-state index contributed by atoms with van der Waals surface area (Å²) in [5.41, 5.74) is 5.50. The zero-order chi connectivity index (χ0) is 21.8. The van der Waals surface area contributed by atoms with Crippen LogP contribution in [0.5, 0.6) is 0 Å². The molecule has 2 rings (SSSR count). The second kappa shape index (κ2) is 9.36. The molecule has 1 aliphatic heterocycles. The van der Waals surface area contributed by atoms with Crippen molar-refractivity contribution in [1.29, 1.82) is 0 Å². The lowest BCUT2D eigenvalue weighted by Gasteiger charge is -2.26. The van der Waals surface area contributed by atoms with Gasteiger partial charge in [0, 0.05) is 13.1 Å². The van der Waals surface area contributed by atoms with Crippen molar-refractivity contribution >= 4 is 27.9 Å². The fourth-order valence-electron chi connectivity index (χ4n) is 3.10. The zero-order valence-electron chi connectivity index (χ0n) is 16.8. The fraction of sp³-hybridized carbons (Fsp3) is 0.526. The average Bonchev–Trinajstić information content (AvgIpc) is 2.65. The second-order valence-corrected chi connectivity index (χ2v) is 9.30. The van der Waals surface area contributed by atoms with Crippen molar-refractivity contribution in [1.82, 2.24) is 9.62 Å². The van der Waals surface area contributed by atoms with Crippen LogP contribution in [-0.4, -0.2) is 49.8 Å². The van der Waals surface area contributed by atoms with Crippen LogP contribution in [-0.2, 0) is 19.6 Å². The third-order valence-electron chi connectivity index (χ3n) is 4.73. The molecule has 0 radical (unpaired) electrons. The molecule has 1 aromatic rings. The highest BCUT2D eigenvalue weighted by molar-refractivity contribution is 7.89. The van der Waals surface area contributed by atoms with E-state index in [0.717, 1.165) is 19.3 Å². The van der Waals surface area contributed by atoms with Gasteiger partial charge in [0.05, 0.1) is 10.5 Å². The normalized spacial score (nSPS) is 16.3. The lowest BCUT2D eigenvalue weighted by Crippen LogP contribution is -2.45. The first-order chi connectivity index (χ1) is 13.5. The molecule has 0 aromatic heterocycles. The highest BCUT2D eigenvalue weighted by Crippen LogP contribution is 2.24. The van der Waals surface area contributed by atoms with Crippen LogP contribution < -0.4 is 11.1 Å². The van der Waals surface area contributed by atoms with Crippen LogP contribution >= 0.6 is 0 Å². The highest BCUT2D eigenvalue weighted by atomic mass is 32.2. The molecule has 1 atom stereocenters. The summed E-state index contributed by atoms with van der Waals surface area (Å²) in [5, 5.41) is 1.89. The highest BCUT2D eigenvalue weighted by Gasteiger charge is 2.30. The van der Waals surface area contributed by atoms with E-state index in [-0.39, 0.29) is 10.5 Å². The van der Waals surface area contributed by atoms with Crippen molar-refractivity contribution < 1.29 is 27.5 Å². The van der Waals surface area contributed by atoms with Crippen LogP contribution in [0, 0.1) is 12.8 Å². The van der Waals surface area contributed by atoms with Gasteiger partial charge in [-0.2, -0.15) is 4.31 Å². The number of sulfonamides is 1. The molecule has 1 aliphatic rings. The van der Waals surface area contributed by atoms with Crippen molar-refractivity contribution in [3.8, 4) is 0 Å². The standard InChI is InChI=1S/C19H27N3O6S/c1-12(2)16(17(23)21-19(20)25)28-18(24)15-11-14(8-7-13(15)3)29(26,27)22-9-5-4-6-10-22/h7-8,11-12,16H,4-6,9-10H2,1-3H3,(H3,20,21,23,25)/t16-/m0/s1. The van der Waals surface area contributed by atoms with E-state index in [2.05, 4.69) is 0 Å². The number of imide groups is 1. The molecule has 0 spiro atoms. The SMILES string of the molecule is Cc1ccc(S(=O)(=O)N2CCCCC2)cc1C(=O)O[C@H](C(=O)NC(N)=O)C(C)C. The van der Waals surface area contributed by atoms with Crippen molar-refractivity contribution in [2.45, 2.75) is 51.0 Å². The number of esters is 1. The third kappa shape index (κ3) is 5.54. The molecule has 0 unspecified atom stereocenters. The number of carbonyl (C=O) groups excluding carboxylic acids is 3. The van der Waals surface area contributed by atoms with E-state index < -0.39 is 40.0 Å². The Labute approximate surface area is 170 Å². The lowest BCUT2D eigenvalue weighted by atomic mass is 10.1. The predicted molar refractivity (Wildman–Crippen MR) is 106 cm³/mol. The Kier molecular flexibility index (Phi) is 7.37. The van der Waals surface area contributed by atoms with Gasteiger partial charge in [0.25, 0.3) is 5.91 Å². The van der Waals surface area contributed by atoms with Crippen LogP contribution in [0.1, 0.15) is 49.0 Å². The van der Waals surface area contributed by atoms with Crippen LogP contribution in [0.4, 0.5) is 4.79 Å². The first kappa shape index (κ1) is 22.8. The summed E-state index contributed by atoms with van der Waals surface area (Å²) in [4.78, 5) is 35.7. The number of primary amides is 1. The monoisotopic (exact) mass is 425 g/mol. The minimum absolute atomic E-state index is 0.000338. The summed E-state index contributed by atoms with van der Waals surface area (Å²) < 4.78 is 32.5. The maximum atomic E-state index is 12.9. The Balaban J connectivity index is 2.29. The van der Waals surface area contributed by atoms with Gasteiger partial charge in [0.2, 0.25) is 10.0 Å². The first-order valence-electron chi connectivity index (χ1n) is 9.46. The maximum Gasteiger partial charge on any atom is 0.339 e. The Morgan fingerprint density at radius 2 is 1.76 bits per heavy atom. The molecule has 3 amide bonds. The molecule has 1 heterocycles. The van der Waals surface area contributed by atoms with E-state index in [9.17, 15) is 22.8 Å². The molecular weight excluding hydrogens is 398 g/mol. The van der Waals surface area contributed by atoms with Gasteiger partial charge >= 0.3 is 12.0 Å². The third-order valence-corrected chi connectivity index (χ3v) is 6.62. The number of nitrogens with two attached hydrogens (primary N) is 1. The summed E-state index contributed by atoms with van der Waals surface area (Å²) in [6.45, 7) is 5.81. The minimum atomic E-state index is -3.73. The van der Waals surface area contributed by atoms with Gasteiger partial charge in [-0.05, 0) is 43.4 Å². The number of amides is 3. The van der Waals surface area contributed by atoms with Gasteiger partial charge in [-0.25, -0.2) is 18.0 Å². The van der Waals surface area contributed by atoms with E-state index in [1.165, 1.54) is 22.5 Å². The topological polar surface area (TPSA) is 136 Å². The minimum Gasteiger partial charge on any atom is -0.448 e. The van der Waals surface area contributed by atoms with Crippen molar-refractivity contribution in [2.75, 3.05) is 13.1 Å². The summed E-state index contributed by atoms with van der Waals surface area (Å²) >= 11 is 0. The first-order valence-corrected chi connectivity index (χ1v) is 10.9. The smallest absolute Gasteiger partial charge is 0.339 e. The number of hydrogen-bond acceptors (Lipinski definition) is 6. The largest absolute Gasteiger partial charge is 0.448 e. The summed E-state index contributed by atoms with van der Waals surface area (Å²) in [6, 6.07) is 3.20. The molecule has 0 aliphatic carbocycles. The second-order valence-electron chi connectivity index (χ2n) is 7.36. The Morgan fingerprint density at radius 3 is 2.31 bits per heavy atom. The van der Waals surface area contributed by atoms with Gasteiger partial charge in [-0.15, -0.1) is 0 Å². The van der Waals surface area contributed by atoms with E-state index in [1.54, 1.807) is 20.8 Å². The van der Waals surface area contributed by atoms with Crippen LogP contribution in [0.15, 0.2) is 23.1 Å². The van der Waals surface area contributed by atoms with Crippen LogP contribution in [0.25, 0.3) is 0 Å². The Morgan fingerprint density at radius 1 is 1.14 bits per heavy atom. The number of ether oxygens (including phenoxy) is 1. The Bertz CT molecular complexity index is 891. The van der Waals surface area contributed by atoms with Crippen molar-refractivity contribution in [3.63, 3.8) is 0 Å². The van der Waals surface area contributed by atoms with E-state index in [1.807, 2.05) is 5.32 Å². The average molecular weight is 426 g/mol. The number of rotatable bonds is 6. The molecule has 1 fully saturated rings. The van der Waals surface area contributed by atoms with Gasteiger partial charge in [-0.1, -0.05) is 26.3 Å². The molecule has 1 aromatic carbocycles. The molecular formula is C19H27N3O6S. The van der Waals surface area contributed by atoms with E-state index in [0.29, 0.717) is 18.7 Å². The number of piperidine rings is 1. The number of urea groups is 1. The molecule has 160 valence electrons. The van der Waals surface area contributed by atoms with E-state index >= 15 is 0 Å². The fourth-order valence-corrected chi connectivity index (χ4v) is 4.64. The molecule has 3 N–H and O–H groups in total. The van der Waals surface area contributed by atoms with Crippen LogP contribution in [0.3, 0.4) is 0 Å². The molecule has 1 saturated heterocycles. The molecule has 29 heavy (non-hydrogen) atoms. The van der Waals surface area contributed by atoms with Crippen LogP contribution in [0.2, 0.25) is 0 Å². The zero-order valence-corrected chi connectivity index (χ0v) is 17.6. The summed E-state index contributed by atoms with van der Waals surface area (Å²) in [5.74, 6) is -2.12. The molecule has 10 heteroatoms. The molecule has 9 nitrogen and oxygen atoms in total. The molecule has 0 saturated carbocycles. The quantitative estimate of drug-likeness (QED) is 0.664. The van der Waals surface area contributed by atoms with Crippen molar-refractivity contribution in [3.05, 3.63) is 29.3 Å². The number of hydrogen-bond donors (Lipinski definition) is 2. The van der Waals surface area contributed by atoms with E-state index in [4.69, 9.17) is 10.5 Å². The van der Waals surface area contributed by atoms with Gasteiger partial charge in [0.1, 0.15) is 0 Å². The number of benzene rings is 1. The number of nitrogens with zero attached hydrogens (tertiary/aromatic N) is 1. The summed E-state index contributed by atoms with van der Waals surface area (Å²) in [7, 11) is -3.73. The van der Waals surface area contributed by atoms with Gasteiger partial charge in [0.15, 0.2) is 6.10 Å². The molecule has 0 bridgehead atoms. The number of aryl methyl sites for hydroxylation is 1. The maximum absolute atomic E-state index is 12.9. The lowest BCUT2D eigenvalue weighted by molar-refractivity contribution is -0.130. The van der Waals surface area contributed by atoms with Gasteiger partial charge < -0.3 is 10.5 Å². The van der Waals surface area contributed by atoms with Crippen molar-refractivity contribution in [2.24, 2.45) is 11.7 Å². The number of nitrogens with one attached hydrogen (secondary N) is 1. The van der Waals surface area contributed by atoms with Gasteiger partial charge in [-0.3, -0.25) is 10.1 Å². The Hall–Kier alpha value is -2.46.